The first kappa shape index (κ1) is 26.7. The maximum Gasteiger partial charge on any atom is 0.243 e. The molecule has 1 unspecified atom stereocenters. The third kappa shape index (κ3) is 7.56. The van der Waals surface area contributed by atoms with Crippen molar-refractivity contribution in [1.82, 2.24) is 10.2 Å². The number of halogens is 2. The summed E-state index contributed by atoms with van der Waals surface area (Å²) in [6.45, 7) is 2.32. The van der Waals surface area contributed by atoms with E-state index in [1.54, 1.807) is 18.1 Å². The molecule has 1 saturated carbocycles. The number of thioether (sulfide) groups is 1. The third-order valence-electron chi connectivity index (χ3n) is 6.08. The molecule has 3 rings (SSSR count). The van der Waals surface area contributed by atoms with Crippen LogP contribution in [0.2, 0.25) is 10.0 Å². The molecule has 1 N–H and O–H groups in total. The molecule has 0 spiro atoms. The van der Waals surface area contributed by atoms with Gasteiger partial charge in [0, 0.05) is 18.3 Å². The van der Waals surface area contributed by atoms with Crippen molar-refractivity contribution in [2.75, 3.05) is 12.9 Å². The predicted molar refractivity (Wildman–Crippen MR) is 141 cm³/mol. The summed E-state index contributed by atoms with van der Waals surface area (Å²) in [4.78, 5) is 28.3. The smallest absolute Gasteiger partial charge is 0.243 e. The molecule has 1 aliphatic carbocycles. The zero-order chi connectivity index (χ0) is 24.5. The Morgan fingerprint density at radius 1 is 1.09 bits per heavy atom. The van der Waals surface area contributed by atoms with Gasteiger partial charge < -0.3 is 15.0 Å². The van der Waals surface area contributed by atoms with E-state index in [1.165, 1.54) is 11.8 Å². The van der Waals surface area contributed by atoms with Gasteiger partial charge in [0.25, 0.3) is 0 Å². The van der Waals surface area contributed by atoms with E-state index in [1.807, 2.05) is 43.3 Å². The Labute approximate surface area is 216 Å². The normalized spacial score (nSPS) is 14.6. The van der Waals surface area contributed by atoms with Crippen LogP contribution in [0.4, 0.5) is 0 Å². The number of amides is 2. The van der Waals surface area contributed by atoms with E-state index in [4.69, 9.17) is 27.9 Å². The number of hydrogen-bond donors (Lipinski definition) is 1. The molecule has 2 aromatic rings. The maximum atomic E-state index is 13.4. The lowest BCUT2D eigenvalue weighted by molar-refractivity contribution is -0.139. The molecule has 0 bridgehead atoms. The minimum atomic E-state index is -0.513. The number of benzene rings is 2. The summed E-state index contributed by atoms with van der Waals surface area (Å²) < 4.78 is 5.25. The Hall–Kier alpha value is -1.89. The van der Waals surface area contributed by atoms with Gasteiger partial charge in [-0.15, -0.1) is 11.8 Å². The average Bonchev–Trinajstić information content (AvgIpc) is 3.34. The van der Waals surface area contributed by atoms with Crippen LogP contribution in [0.1, 0.15) is 50.2 Å². The number of rotatable bonds is 11. The van der Waals surface area contributed by atoms with Crippen molar-refractivity contribution in [2.45, 2.75) is 63.4 Å². The number of nitrogens with one attached hydrogen (secondary N) is 1. The van der Waals surface area contributed by atoms with E-state index in [0.29, 0.717) is 28.8 Å². The average molecular weight is 524 g/mol. The zero-order valence-electron chi connectivity index (χ0n) is 19.7. The first-order valence-corrected chi connectivity index (χ1v) is 13.6. The minimum Gasteiger partial charge on any atom is -0.497 e. The van der Waals surface area contributed by atoms with E-state index in [0.717, 1.165) is 42.6 Å². The monoisotopic (exact) mass is 522 g/mol. The van der Waals surface area contributed by atoms with Crippen molar-refractivity contribution in [3.8, 4) is 5.75 Å². The van der Waals surface area contributed by atoms with E-state index >= 15 is 0 Å². The quantitative estimate of drug-likeness (QED) is 0.387. The Balaban J connectivity index is 1.70. The molecule has 1 atom stereocenters. The fraction of sp³-hybridized carbons (Fsp3) is 0.462. The van der Waals surface area contributed by atoms with Gasteiger partial charge in [-0.25, -0.2) is 0 Å². The van der Waals surface area contributed by atoms with Crippen LogP contribution in [0, 0.1) is 0 Å². The molecule has 2 amide bonds. The standard InChI is InChI=1S/C26H32Cl2N2O3S/c1-3-24(26(32)29-20-6-4-5-7-20)30(15-18-8-11-21(33-2)12-9-18)25(31)17-34-16-19-10-13-22(27)23(28)14-19/h8-14,20,24H,3-7,15-17H2,1-2H3,(H,29,32). The Bertz CT molecular complexity index is 965. The van der Waals surface area contributed by atoms with Gasteiger partial charge in [0.05, 0.1) is 22.9 Å². The molecule has 184 valence electrons. The van der Waals surface area contributed by atoms with Gasteiger partial charge in [-0.1, -0.05) is 61.2 Å². The fourth-order valence-electron chi connectivity index (χ4n) is 4.18. The SMILES string of the molecule is CCC(C(=O)NC1CCCC1)N(Cc1ccc(OC)cc1)C(=O)CSCc1ccc(Cl)c(Cl)c1. The van der Waals surface area contributed by atoms with Crippen LogP contribution in [0.5, 0.6) is 5.75 Å². The molecule has 8 heteroatoms. The van der Waals surface area contributed by atoms with Crippen LogP contribution < -0.4 is 10.1 Å². The largest absolute Gasteiger partial charge is 0.497 e. The van der Waals surface area contributed by atoms with E-state index in [9.17, 15) is 9.59 Å². The van der Waals surface area contributed by atoms with Gasteiger partial charge in [0.2, 0.25) is 11.8 Å². The lowest BCUT2D eigenvalue weighted by Gasteiger charge is -2.31. The summed E-state index contributed by atoms with van der Waals surface area (Å²) in [6, 6.07) is 12.8. The second kappa shape index (κ2) is 13.3. The van der Waals surface area contributed by atoms with E-state index in [2.05, 4.69) is 5.32 Å². The molecule has 1 fully saturated rings. The molecule has 2 aromatic carbocycles. The van der Waals surface area contributed by atoms with Gasteiger partial charge in [-0.3, -0.25) is 9.59 Å². The molecule has 0 radical (unpaired) electrons. The third-order valence-corrected chi connectivity index (χ3v) is 7.81. The van der Waals surface area contributed by atoms with Crippen LogP contribution in [0.25, 0.3) is 0 Å². The van der Waals surface area contributed by atoms with Gasteiger partial charge in [0.15, 0.2) is 0 Å². The van der Waals surface area contributed by atoms with Crippen LogP contribution in [-0.4, -0.2) is 41.7 Å². The molecular formula is C26H32Cl2N2O3S. The molecule has 0 saturated heterocycles. The number of carbonyl (C=O) groups is 2. The highest BCUT2D eigenvalue weighted by Crippen LogP contribution is 2.25. The number of nitrogens with zero attached hydrogens (tertiary/aromatic N) is 1. The Morgan fingerprint density at radius 2 is 1.76 bits per heavy atom. The van der Waals surface area contributed by atoms with Crippen molar-refractivity contribution in [3.63, 3.8) is 0 Å². The number of ether oxygens (including phenoxy) is 1. The lowest BCUT2D eigenvalue weighted by Crippen LogP contribution is -2.51. The van der Waals surface area contributed by atoms with Crippen LogP contribution in [-0.2, 0) is 21.9 Å². The second-order valence-electron chi connectivity index (χ2n) is 8.52. The topological polar surface area (TPSA) is 58.6 Å². The van der Waals surface area contributed by atoms with Crippen LogP contribution in [0.3, 0.4) is 0 Å². The number of carbonyl (C=O) groups excluding carboxylic acids is 2. The molecular weight excluding hydrogens is 491 g/mol. The number of hydrogen-bond acceptors (Lipinski definition) is 4. The highest BCUT2D eigenvalue weighted by Gasteiger charge is 2.30. The Morgan fingerprint density at radius 3 is 2.38 bits per heavy atom. The molecule has 0 aromatic heterocycles. The Kier molecular flexibility index (Phi) is 10.4. The van der Waals surface area contributed by atoms with Crippen molar-refractivity contribution >= 4 is 46.8 Å². The molecule has 34 heavy (non-hydrogen) atoms. The van der Waals surface area contributed by atoms with Gasteiger partial charge in [-0.2, -0.15) is 0 Å². The summed E-state index contributed by atoms with van der Waals surface area (Å²) in [7, 11) is 1.62. The van der Waals surface area contributed by atoms with E-state index < -0.39 is 6.04 Å². The van der Waals surface area contributed by atoms with E-state index in [-0.39, 0.29) is 23.6 Å². The summed E-state index contributed by atoms with van der Waals surface area (Å²) in [5.74, 6) is 1.53. The molecule has 1 aliphatic rings. The summed E-state index contributed by atoms with van der Waals surface area (Å²) in [5.41, 5.74) is 1.95. The lowest BCUT2D eigenvalue weighted by atomic mass is 10.1. The molecule has 5 nitrogen and oxygen atoms in total. The summed E-state index contributed by atoms with van der Waals surface area (Å²) in [6.07, 6.45) is 4.85. The maximum absolute atomic E-state index is 13.4. The van der Waals surface area contributed by atoms with Crippen molar-refractivity contribution < 1.29 is 14.3 Å². The van der Waals surface area contributed by atoms with Crippen molar-refractivity contribution in [3.05, 3.63) is 63.6 Å². The highest BCUT2D eigenvalue weighted by atomic mass is 35.5. The predicted octanol–water partition coefficient (Wildman–Crippen LogP) is 6.10. The fourth-order valence-corrected chi connectivity index (χ4v) is 5.36. The van der Waals surface area contributed by atoms with Crippen molar-refractivity contribution in [1.29, 1.82) is 0 Å². The van der Waals surface area contributed by atoms with Crippen LogP contribution >= 0.6 is 35.0 Å². The van der Waals surface area contributed by atoms with Gasteiger partial charge in [0.1, 0.15) is 11.8 Å². The summed E-state index contributed by atoms with van der Waals surface area (Å²) >= 11 is 13.6. The minimum absolute atomic E-state index is 0.0608. The number of methoxy groups -OCH3 is 1. The van der Waals surface area contributed by atoms with Gasteiger partial charge in [-0.05, 0) is 54.7 Å². The zero-order valence-corrected chi connectivity index (χ0v) is 22.0. The second-order valence-corrected chi connectivity index (χ2v) is 10.3. The molecule has 0 aliphatic heterocycles. The summed E-state index contributed by atoms with van der Waals surface area (Å²) in [5, 5.41) is 4.19. The highest BCUT2D eigenvalue weighted by molar-refractivity contribution is 7.99. The van der Waals surface area contributed by atoms with Gasteiger partial charge >= 0.3 is 0 Å². The first-order valence-electron chi connectivity index (χ1n) is 11.7. The first-order chi connectivity index (χ1) is 16.4. The van der Waals surface area contributed by atoms with Crippen LogP contribution in [0.15, 0.2) is 42.5 Å². The molecule has 0 heterocycles. The van der Waals surface area contributed by atoms with Crippen molar-refractivity contribution in [2.24, 2.45) is 0 Å².